The van der Waals surface area contributed by atoms with Crippen molar-refractivity contribution in [2.75, 3.05) is 42.5 Å². The summed E-state index contributed by atoms with van der Waals surface area (Å²) in [6, 6.07) is 7.72. The molecule has 3 amide bonds. The summed E-state index contributed by atoms with van der Waals surface area (Å²) < 4.78 is 0. The van der Waals surface area contributed by atoms with Crippen molar-refractivity contribution >= 4 is 23.4 Å². The lowest BCUT2D eigenvalue weighted by Crippen LogP contribution is -2.49. The Morgan fingerprint density at radius 1 is 1.03 bits per heavy atom. The van der Waals surface area contributed by atoms with Gasteiger partial charge in [0.2, 0.25) is 0 Å². The van der Waals surface area contributed by atoms with Gasteiger partial charge < -0.3 is 15.1 Å². The molecule has 2 fully saturated rings. The molecule has 7 nitrogen and oxygen atoms in total. The number of hydrogen-bond acceptors (Lipinski definition) is 4. The second-order valence-corrected chi connectivity index (χ2v) is 9.24. The molecule has 1 N–H and O–H groups in total. The van der Waals surface area contributed by atoms with Crippen LogP contribution in [-0.2, 0) is 0 Å². The Hall–Kier alpha value is -3.09. The molecule has 0 saturated carbocycles. The fourth-order valence-electron chi connectivity index (χ4n) is 4.55. The molecule has 1 aromatic carbocycles. The molecular weight excluding hydrogens is 390 g/mol. The predicted octanol–water partition coefficient (Wildman–Crippen LogP) is 3.28. The molecule has 31 heavy (non-hydrogen) atoms. The summed E-state index contributed by atoms with van der Waals surface area (Å²) in [5.41, 5.74) is 4.42. The number of piperazine rings is 1. The first-order valence-electron chi connectivity index (χ1n) is 10.8. The fraction of sp³-hybridized carbons (Fsp3) is 0.458. The first kappa shape index (κ1) is 21.2. The predicted molar refractivity (Wildman–Crippen MR) is 123 cm³/mol. The van der Waals surface area contributed by atoms with Crippen molar-refractivity contribution in [3.63, 3.8) is 0 Å². The van der Waals surface area contributed by atoms with Crippen molar-refractivity contribution in [2.24, 2.45) is 0 Å². The van der Waals surface area contributed by atoms with Crippen LogP contribution in [0.1, 0.15) is 40.9 Å². The maximum atomic E-state index is 13.2. The van der Waals surface area contributed by atoms with Gasteiger partial charge in [-0.1, -0.05) is 6.07 Å². The van der Waals surface area contributed by atoms with Crippen LogP contribution in [0.15, 0.2) is 30.5 Å². The zero-order valence-corrected chi connectivity index (χ0v) is 19.0. The highest BCUT2D eigenvalue weighted by Gasteiger charge is 2.38. The van der Waals surface area contributed by atoms with Crippen LogP contribution in [0.25, 0.3) is 0 Å². The molecule has 2 saturated heterocycles. The van der Waals surface area contributed by atoms with Crippen LogP contribution < -0.4 is 15.1 Å². The van der Waals surface area contributed by atoms with E-state index < -0.39 is 0 Å². The summed E-state index contributed by atoms with van der Waals surface area (Å²) in [4.78, 5) is 36.0. The SMILES string of the molecule is Cc1cnc(N2CCN(C(=O)c3ccc(N4C(=O)NCC4(C)C)cc3C)CC2)c(C)c1. The second-order valence-electron chi connectivity index (χ2n) is 9.24. The number of hydrogen-bond donors (Lipinski definition) is 1. The van der Waals surface area contributed by atoms with E-state index in [0.29, 0.717) is 25.2 Å². The molecule has 0 atom stereocenters. The Morgan fingerprint density at radius 2 is 1.74 bits per heavy atom. The number of pyridine rings is 1. The van der Waals surface area contributed by atoms with Crippen molar-refractivity contribution in [3.05, 3.63) is 52.7 Å². The fourth-order valence-corrected chi connectivity index (χ4v) is 4.55. The largest absolute Gasteiger partial charge is 0.353 e. The molecule has 2 aliphatic heterocycles. The smallest absolute Gasteiger partial charge is 0.322 e. The monoisotopic (exact) mass is 421 g/mol. The third-order valence-corrected chi connectivity index (χ3v) is 6.23. The molecular formula is C24H31N5O2. The van der Waals surface area contributed by atoms with Crippen molar-refractivity contribution in [1.29, 1.82) is 0 Å². The number of benzene rings is 1. The summed E-state index contributed by atoms with van der Waals surface area (Å²) in [6.45, 7) is 13.6. The van der Waals surface area contributed by atoms with Gasteiger partial charge in [-0.05, 0) is 69.5 Å². The molecule has 164 valence electrons. The minimum Gasteiger partial charge on any atom is -0.353 e. The van der Waals surface area contributed by atoms with Crippen molar-refractivity contribution in [3.8, 4) is 0 Å². The zero-order chi connectivity index (χ0) is 22.3. The number of amides is 3. The minimum absolute atomic E-state index is 0.0439. The molecule has 2 aromatic rings. The van der Waals surface area contributed by atoms with Gasteiger partial charge in [0.1, 0.15) is 5.82 Å². The van der Waals surface area contributed by atoms with Gasteiger partial charge >= 0.3 is 6.03 Å². The highest BCUT2D eigenvalue weighted by atomic mass is 16.2. The Morgan fingerprint density at radius 3 is 2.32 bits per heavy atom. The number of anilines is 2. The van der Waals surface area contributed by atoms with Crippen LogP contribution in [0.2, 0.25) is 0 Å². The summed E-state index contributed by atoms with van der Waals surface area (Å²) in [7, 11) is 0. The van der Waals surface area contributed by atoms with E-state index in [9.17, 15) is 9.59 Å². The van der Waals surface area contributed by atoms with E-state index in [0.717, 1.165) is 35.7 Å². The van der Waals surface area contributed by atoms with Crippen LogP contribution in [0.4, 0.5) is 16.3 Å². The van der Waals surface area contributed by atoms with Gasteiger partial charge in [-0.25, -0.2) is 9.78 Å². The Labute approximate surface area is 184 Å². The third-order valence-electron chi connectivity index (χ3n) is 6.23. The third kappa shape index (κ3) is 3.96. The van der Waals surface area contributed by atoms with Gasteiger partial charge in [-0.3, -0.25) is 9.69 Å². The molecule has 1 aromatic heterocycles. The van der Waals surface area contributed by atoms with E-state index in [1.54, 1.807) is 4.90 Å². The van der Waals surface area contributed by atoms with Gasteiger partial charge in [-0.2, -0.15) is 0 Å². The Kier molecular flexibility index (Phi) is 5.37. The normalized spacial score (nSPS) is 18.4. The van der Waals surface area contributed by atoms with Gasteiger partial charge in [0.25, 0.3) is 5.91 Å². The molecule has 0 spiro atoms. The lowest BCUT2D eigenvalue weighted by molar-refractivity contribution is 0.0746. The summed E-state index contributed by atoms with van der Waals surface area (Å²) in [5, 5.41) is 2.89. The van der Waals surface area contributed by atoms with Crippen LogP contribution in [0.5, 0.6) is 0 Å². The highest BCUT2D eigenvalue weighted by Crippen LogP contribution is 2.30. The number of carbonyl (C=O) groups is 2. The molecule has 0 unspecified atom stereocenters. The van der Waals surface area contributed by atoms with E-state index in [1.807, 2.05) is 57.0 Å². The molecule has 0 aliphatic carbocycles. The van der Waals surface area contributed by atoms with E-state index in [-0.39, 0.29) is 17.5 Å². The molecule has 2 aliphatic rings. The maximum absolute atomic E-state index is 13.2. The van der Waals surface area contributed by atoms with E-state index in [4.69, 9.17) is 0 Å². The summed E-state index contributed by atoms with van der Waals surface area (Å²) in [6.07, 6.45) is 1.90. The zero-order valence-electron chi connectivity index (χ0n) is 19.0. The second kappa shape index (κ2) is 7.87. The minimum atomic E-state index is -0.298. The standard InChI is InChI=1S/C24H31N5O2/c1-16-12-18(3)21(25-14-16)27-8-10-28(11-9-27)22(30)20-7-6-19(13-17(20)2)29-23(31)26-15-24(29,4)5/h6-7,12-14H,8-11,15H2,1-5H3,(H,26,31). The van der Waals surface area contributed by atoms with Crippen molar-refractivity contribution < 1.29 is 9.59 Å². The topological polar surface area (TPSA) is 68.8 Å². The lowest BCUT2D eigenvalue weighted by atomic mass is 10.0. The molecule has 0 bridgehead atoms. The average molecular weight is 422 g/mol. The molecule has 3 heterocycles. The summed E-state index contributed by atoms with van der Waals surface area (Å²) >= 11 is 0. The number of rotatable bonds is 3. The van der Waals surface area contributed by atoms with Crippen LogP contribution in [-0.4, -0.2) is 60.1 Å². The number of nitrogens with zero attached hydrogens (tertiary/aromatic N) is 4. The number of urea groups is 1. The number of aromatic nitrogens is 1. The quantitative estimate of drug-likeness (QED) is 0.826. The highest BCUT2D eigenvalue weighted by molar-refractivity contribution is 5.99. The lowest BCUT2D eigenvalue weighted by Gasteiger charge is -2.36. The van der Waals surface area contributed by atoms with Crippen LogP contribution >= 0.6 is 0 Å². The van der Waals surface area contributed by atoms with Gasteiger partial charge in [0.15, 0.2) is 0 Å². The van der Waals surface area contributed by atoms with Gasteiger partial charge in [0.05, 0.1) is 5.54 Å². The average Bonchev–Trinajstić information content (AvgIpc) is 3.00. The number of aryl methyl sites for hydroxylation is 3. The molecule has 0 radical (unpaired) electrons. The van der Waals surface area contributed by atoms with Gasteiger partial charge in [-0.15, -0.1) is 0 Å². The van der Waals surface area contributed by atoms with E-state index in [1.165, 1.54) is 5.56 Å². The van der Waals surface area contributed by atoms with E-state index in [2.05, 4.69) is 28.2 Å². The van der Waals surface area contributed by atoms with E-state index >= 15 is 0 Å². The van der Waals surface area contributed by atoms with Crippen molar-refractivity contribution in [1.82, 2.24) is 15.2 Å². The number of carbonyl (C=O) groups excluding carboxylic acids is 2. The molecule has 4 rings (SSSR count). The van der Waals surface area contributed by atoms with Crippen molar-refractivity contribution in [2.45, 2.75) is 40.2 Å². The first-order chi connectivity index (χ1) is 14.7. The Balaban J connectivity index is 1.46. The van der Waals surface area contributed by atoms with Crippen LogP contribution in [0.3, 0.4) is 0 Å². The first-order valence-corrected chi connectivity index (χ1v) is 10.8. The summed E-state index contributed by atoms with van der Waals surface area (Å²) in [5.74, 6) is 1.05. The Bertz CT molecular complexity index is 1020. The van der Waals surface area contributed by atoms with Crippen LogP contribution in [0, 0.1) is 20.8 Å². The molecule has 7 heteroatoms. The number of nitrogens with one attached hydrogen (secondary N) is 1. The maximum Gasteiger partial charge on any atom is 0.322 e. The van der Waals surface area contributed by atoms with Gasteiger partial charge in [0, 0.05) is 50.2 Å².